The summed E-state index contributed by atoms with van der Waals surface area (Å²) in [6.45, 7) is 7.91. The number of rotatable bonds is 4. The SMILES string of the molecule is Cc1ccc(C)c(-n2c(C)nnc2SCC(=O)N2CCCCCC2)c1. The molecule has 134 valence electrons. The Morgan fingerprint density at radius 3 is 2.52 bits per heavy atom. The van der Waals surface area contributed by atoms with Crippen molar-refractivity contribution in [1.29, 1.82) is 0 Å². The Kier molecular flexibility index (Phi) is 5.78. The standard InChI is InChI=1S/C19H26N4OS/c1-14-8-9-15(2)17(12-14)23-16(3)20-21-19(23)25-13-18(24)22-10-6-4-5-7-11-22/h8-9,12H,4-7,10-11,13H2,1-3H3. The van der Waals surface area contributed by atoms with Gasteiger partial charge in [-0.3, -0.25) is 9.36 Å². The van der Waals surface area contributed by atoms with Gasteiger partial charge in [0.05, 0.1) is 11.4 Å². The zero-order valence-corrected chi connectivity index (χ0v) is 16.1. The summed E-state index contributed by atoms with van der Waals surface area (Å²) in [6, 6.07) is 6.36. The van der Waals surface area contributed by atoms with Gasteiger partial charge in [-0.15, -0.1) is 10.2 Å². The molecule has 1 aromatic carbocycles. The van der Waals surface area contributed by atoms with E-state index in [1.807, 2.05) is 11.8 Å². The third-order valence-electron chi connectivity index (χ3n) is 4.68. The molecular formula is C19H26N4OS. The molecule has 5 nitrogen and oxygen atoms in total. The molecule has 1 aliphatic rings. The van der Waals surface area contributed by atoms with Crippen molar-refractivity contribution in [1.82, 2.24) is 19.7 Å². The molecule has 0 N–H and O–H groups in total. The first-order valence-electron chi connectivity index (χ1n) is 8.96. The summed E-state index contributed by atoms with van der Waals surface area (Å²) in [6.07, 6.45) is 4.70. The van der Waals surface area contributed by atoms with Crippen molar-refractivity contribution in [2.24, 2.45) is 0 Å². The number of aryl methyl sites for hydroxylation is 3. The van der Waals surface area contributed by atoms with Crippen LogP contribution < -0.4 is 0 Å². The fourth-order valence-corrected chi connectivity index (χ4v) is 4.11. The van der Waals surface area contributed by atoms with Crippen LogP contribution in [0.3, 0.4) is 0 Å². The Hall–Kier alpha value is -1.82. The van der Waals surface area contributed by atoms with Crippen LogP contribution in [0.25, 0.3) is 5.69 Å². The predicted octanol–water partition coefficient (Wildman–Crippen LogP) is 3.69. The minimum Gasteiger partial charge on any atom is -0.342 e. The number of aromatic nitrogens is 3. The molecule has 2 heterocycles. The van der Waals surface area contributed by atoms with Crippen molar-refractivity contribution in [2.45, 2.75) is 51.6 Å². The normalized spacial score (nSPS) is 15.2. The molecule has 0 spiro atoms. The third-order valence-corrected chi connectivity index (χ3v) is 5.60. The highest BCUT2D eigenvalue weighted by Crippen LogP contribution is 2.25. The molecule has 0 atom stereocenters. The Labute approximate surface area is 153 Å². The molecule has 0 radical (unpaired) electrons. The van der Waals surface area contributed by atoms with Crippen molar-refractivity contribution in [3.63, 3.8) is 0 Å². The van der Waals surface area contributed by atoms with Gasteiger partial charge in [0.2, 0.25) is 5.91 Å². The second-order valence-electron chi connectivity index (χ2n) is 6.74. The van der Waals surface area contributed by atoms with Gasteiger partial charge in [0, 0.05) is 13.1 Å². The molecule has 1 saturated heterocycles. The van der Waals surface area contributed by atoms with Gasteiger partial charge in [0.15, 0.2) is 5.16 Å². The second kappa shape index (κ2) is 8.04. The minimum atomic E-state index is 0.208. The summed E-state index contributed by atoms with van der Waals surface area (Å²) in [5, 5.41) is 9.33. The van der Waals surface area contributed by atoms with Crippen LogP contribution in [-0.2, 0) is 4.79 Å². The molecule has 1 amide bonds. The maximum Gasteiger partial charge on any atom is 0.233 e. The van der Waals surface area contributed by atoms with Gasteiger partial charge in [0.1, 0.15) is 5.82 Å². The molecule has 3 rings (SSSR count). The molecule has 0 saturated carbocycles. The van der Waals surface area contributed by atoms with E-state index >= 15 is 0 Å². The maximum absolute atomic E-state index is 12.5. The fourth-order valence-electron chi connectivity index (χ4n) is 3.21. The first kappa shape index (κ1) is 18.0. The van der Waals surface area contributed by atoms with Crippen molar-refractivity contribution >= 4 is 17.7 Å². The Morgan fingerprint density at radius 2 is 1.80 bits per heavy atom. The summed E-state index contributed by atoms with van der Waals surface area (Å²) in [5.41, 5.74) is 3.46. The van der Waals surface area contributed by atoms with Crippen molar-refractivity contribution in [3.8, 4) is 5.69 Å². The summed E-state index contributed by atoms with van der Waals surface area (Å²) < 4.78 is 2.06. The number of benzene rings is 1. The highest BCUT2D eigenvalue weighted by molar-refractivity contribution is 7.99. The van der Waals surface area contributed by atoms with Gasteiger partial charge in [0.25, 0.3) is 0 Å². The second-order valence-corrected chi connectivity index (χ2v) is 7.68. The van der Waals surface area contributed by atoms with Crippen LogP contribution in [0.15, 0.2) is 23.4 Å². The zero-order chi connectivity index (χ0) is 17.8. The number of carbonyl (C=O) groups is 1. The first-order chi connectivity index (χ1) is 12.1. The average Bonchev–Trinajstić information content (AvgIpc) is 2.80. The number of amides is 1. The van der Waals surface area contributed by atoms with Crippen LogP contribution in [0.4, 0.5) is 0 Å². The molecule has 1 aromatic heterocycles. The smallest absolute Gasteiger partial charge is 0.233 e. The van der Waals surface area contributed by atoms with Gasteiger partial charge in [-0.1, -0.05) is 36.7 Å². The van der Waals surface area contributed by atoms with Crippen LogP contribution in [0.5, 0.6) is 0 Å². The lowest BCUT2D eigenvalue weighted by molar-refractivity contribution is -0.128. The fraction of sp³-hybridized carbons (Fsp3) is 0.526. The molecule has 1 fully saturated rings. The lowest BCUT2D eigenvalue weighted by Gasteiger charge is -2.20. The highest BCUT2D eigenvalue weighted by atomic mass is 32.2. The molecule has 0 unspecified atom stereocenters. The van der Waals surface area contributed by atoms with Gasteiger partial charge in [-0.2, -0.15) is 0 Å². The molecule has 0 aliphatic carbocycles. The van der Waals surface area contributed by atoms with Gasteiger partial charge >= 0.3 is 0 Å². The summed E-state index contributed by atoms with van der Waals surface area (Å²) in [7, 11) is 0. The molecule has 6 heteroatoms. The van der Waals surface area contributed by atoms with Crippen molar-refractivity contribution in [3.05, 3.63) is 35.2 Å². The largest absolute Gasteiger partial charge is 0.342 e. The quantitative estimate of drug-likeness (QED) is 0.782. The molecule has 2 aromatic rings. The first-order valence-corrected chi connectivity index (χ1v) is 9.95. The van der Waals surface area contributed by atoms with E-state index in [1.54, 1.807) is 0 Å². The minimum absolute atomic E-state index is 0.208. The van der Waals surface area contributed by atoms with E-state index in [9.17, 15) is 4.79 Å². The third kappa shape index (κ3) is 4.24. The van der Waals surface area contributed by atoms with Crippen molar-refractivity contribution in [2.75, 3.05) is 18.8 Å². The summed E-state index contributed by atoms with van der Waals surface area (Å²) in [4.78, 5) is 14.6. The maximum atomic E-state index is 12.5. The topological polar surface area (TPSA) is 51.0 Å². The average molecular weight is 359 g/mol. The highest BCUT2D eigenvalue weighted by Gasteiger charge is 2.19. The van der Waals surface area contributed by atoms with Crippen LogP contribution in [0.1, 0.15) is 42.6 Å². The Balaban J connectivity index is 1.75. The van der Waals surface area contributed by atoms with E-state index in [2.05, 4.69) is 46.8 Å². The van der Waals surface area contributed by atoms with E-state index in [0.29, 0.717) is 5.75 Å². The van der Waals surface area contributed by atoms with Crippen LogP contribution >= 0.6 is 11.8 Å². The summed E-state index contributed by atoms with van der Waals surface area (Å²) >= 11 is 1.48. The van der Waals surface area contributed by atoms with Gasteiger partial charge < -0.3 is 4.90 Å². The number of nitrogens with zero attached hydrogens (tertiary/aromatic N) is 4. The van der Waals surface area contributed by atoms with Gasteiger partial charge in [-0.05, 0) is 50.8 Å². The molecule has 25 heavy (non-hydrogen) atoms. The van der Waals surface area contributed by atoms with Crippen LogP contribution in [0.2, 0.25) is 0 Å². The van der Waals surface area contributed by atoms with Crippen LogP contribution in [0, 0.1) is 20.8 Å². The summed E-state index contributed by atoms with van der Waals surface area (Å²) in [5.74, 6) is 1.47. The zero-order valence-electron chi connectivity index (χ0n) is 15.3. The number of likely N-dealkylation sites (tertiary alicyclic amines) is 1. The number of hydrogen-bond acceptors (Lipinski definition) is 4. The van der Waals surface area contributed by atoms with E-state index < -0.39 is 0 Å². The number of thioether (sulfide) groups is 1. The Bertz CT molecular complexity index is 748. The van der Waals surface area contributed by atoms with E-state index in [0.717, 1.165) is 42.6 Å². The Morgan fingerprint density at radius 1 is 1.08 bits per heavy atom. The predicted molar refractivity (Wildman–Crippen MR) is 101 cm³/mol. The van der Waals surface area contributed by atoms with E-state index in [4.69, 9.17) is 0 Å². The number of hydrogen-bond donors (Lipinski definition) is 0. The number of carbonyl (C=O) groups excluding carboxylic acids is 1. The monoisotopic (exact) mass is 358 g/mol. The molecule has 1 aliphatic heterocycles. The van der Waals surface area contributed by atoms with Crippen molar-refractivity contribution < 1.29 is 4.79 Å². The van der Waals surface area contributed by atoms with Gasteiger partial charge in [-0.25, -0.2) is 0 Å². The molecular weight excluding hydrogens is 332 g/mol. The van der Waals surface area contributed by atoms with E-state index in [1.165, 1.54) is 35.7 Å². The van der Waals surface area contributed by atoms with Crippen LogP contribution in [-0.4, -0.2) is 44.4 Å². The van der Waals surface area contributed by atoms with E-state index in [-0.39, 0.29) is 5.91 Å². The molecule has 0 bridgehead atoms. The lowest BCUT2D eigenvalue weighted by atomic mass is 10.1. The lowest BCUT2D eigenvalue weighted by Crippen LogP contribution is -2.33.